The molecule has 0 saturated heterocycles. The molecule has 0 bridgehead atoms. The zero-order valence-electron chi connectivity index (χ0n) is 7.39. The van der Waals surface area contributed by atoms with Crippen molar-refractivity contribution < 1.29 is 9.18 Å². The van der Waals surface area contributed by atoms with Gasteiger partial charge in [0.05, 0.1) is 0 Å². The number of benzene rings is 1. The first kappa shape index (κ1) is 10.9. The average Bonchev–Trinajstić information content (AvgIpc) is 2.19. The van der Waals surface area contributed by atoms with Crippen molar-refractivity contribution in [2.75, 3.05) is 0 Å². The monoisotopic (exact) mass is 257 g/mol. The van der Waals surface area contributed by atoms with Crippen molar-refractivity contribution in [1.82, 2.24) is 5.32 Å². The SMILES string of the molecule is C=CC(=O)NCc1cc(F)ccc1Br. The van der Waals surface area contributed by atoms with Crippen molar-refractivity contribution in [1.29, 1.82) is 0 Å². The van der Waals surface area contributed by atoms with Crippen LogP contribution < -0.4 is 5.32 Å². The number of rotatable bonds is 3. The average molecular weight is 258 g/mol. The maximum Gasteiger partial charge on any atom is 0.243 e. The molecule has 1 rings (SSSR count). The second kappa shape index (κ2) is 4.91. The fraction of sp³-hybridized carbons (Fsp3) is 0.100. The fourth-order valence-corrected chi connectivity index (χ4v) is 1.32. The van der Waals surface area contributed by atoms with E-state index in [1.807, 2.05) is 0 Å². The smallest absolute Gasteiger partial charge is 0.243 e. The van der Waals surface area contributed by atoms with E-state index in [0.29, 0.717) is 5.56 Å². The van der Waals surface area contributed by atoms with Gasteiger partial charge in [0.15, 0.2) is 0 Å². The highest BCUT2D eigenvalue weighted by molar-refractivity contribution is 9.10. The third kappa shape index (κ3) is 2.96. The van der Waals surface area contributed by atoms with Crippen molar-refractivity contribution in [3.63, 3.8) is 0 Å². The minimum Gasteiger partial charge on any atom is -0.348 e. The van der Waals surface area contributed by atoms with Crippen LogP contribution in [0.25, 0.3) is 0 Å². The van der Waals surface area contributed by atoms with E-state index >= 15 is 0 Å². The lowest BCUT2D eigenvalue weighted by molar-refractivity contribution is -0.116. The van der Waals surface area contributed by atoms with Crippen LogP contribution in [0.5, 0.6) is 0 Å². The Morgan fingerprint density at radius 1 is 1.64 bits per heavy atom. The summed E-state index contributed by atoms with van der Waals surface area (Å²) >= 11 is 3.26. The van der Waals surface area contributed by atoms with E-state index in [-0.39, 0.29) is 18.3 Å². The van der Waals surface area contributed by atoms with Crippen LogP contribution in [0.1, 0.15) is 5.56 Å². The summed E-state index contributed by atoms with van der Waals surface area (Å²) < 4.78 is 13.6. The van der Waals surface area contributed by atoms with Crippen molar-refractivity contribution >= 4 is 21.8 Å². The Labute approximate surface area is 89.9 Å². The van der Waals surface area contributed by atoms with Gasteiger partial charge in [0, 0.05) is 11.0 Å². The molecule has 0 heterocycles. The minimum atomic E-state index is -0.323. The summed E-state index contributed by atoms with van der Waals surface area (Å²) in [7, 11) is 0. The topological polar surface area (TPSA) is 29.1 Å². The number of nitrogens with one attached hydrogen (secondary N) is 1. The summed E-state index contributed by atoms with van der Waals surface area (Å²) in [6, 6.07) is 4.32. The number of halogens is 2. The number of carbonyl (C=O) groups is 1. The van der Waals surface area contributed by atoms with Gasteiger partial charge in [0.2, 0.25) is 5.91 Å². The van der Waals surface area contributed by atoms with E-state index in [0.717, 1.165) is 4.47 Å². The van der Waals surface area contributed by atoms with Crippen molar-refractivity contribution in [2.45, 2.75) is 6.54 Å². The van der Waals surface area contributed by atoms with Gasteiger partial charge in [0.1, 0.15) is 5.82 Å². The third-order valence-electron chi connectivity index (χ3n) is 1.65. The molecule has 0 fully saturated rings. The Morgan fingerprint density at radius 3 is 3.00 bits per heavy atom. The molecule has 1 amide bonds. The Balaban J connectivity index is 2.71. The lowest BCUT2D eigenvalue weighted by Gasteiger charge is -2.04. The number of carbonyl (C=O) groups excluding carboxylic acids is 1. The maximum atomic E-state index is 12.8. The lowest BCUT2D eigenvalue weighted by atomic mass is 10.2. The van der Waals surface area contributed by atoms with Crippen LogP contribution in [0.2, 0.25) is 0 Å². The summed E-state index contributed by atoms with van der Waals surface area (Å²) in [4.78, 5) is 10.8. The molecule has 1 N–H and O–H groups in total. The number of amides is 1. The first-order valence-corrected chi connectivity index (χ1v) is 4.77. The predicted octanol–water partition coefficient (Wildman–Crippen LogP) is 2.39. The van der Waals surface area contributed by atoms with Gasteiger partial charge in [-0.05, 0) is 29.8 Å². The van der Waals surface area contributed by atoms with E-state index in [1.165, 1.54) is 18.2 Å². The predicted molar refractivity (Wildman–Crippen MR) is 56.1 cm³/mol. The Kier molecular flexibility index (Phi) is 3.83. The number of hydrogen-bond donors (Lipinski definition) is 1. The maximum absolute atomic E-state index is 12.8. The highest BCUT2D eigenvalue weighted by Gasteiger charge is 2.02. The number of hydrogen-bond acceptors (Lipinski definition) is 1. The van der Waals surface area contributed by atoms with Crippen molar-refractivity contribution in [3.8, 4) is 0 Å². The molecule has 0 aromatic heterocycles. The molecule has 0 aliphatic rings. The van der Waals surface area contributed by atoms with Gasteiger partial charge in [-0.15, -0.1) is 0 Å². The van der Waals surface area contributed by atoms with Crippen LogP contribution >= 0.6 is 15.9 Å². The van der Waals surface area contributed by atoms with E-state index in [2.05, 4.69) is 27.8 Å². The normalized spacial score (nSPS) is 9.57. The molecule has 0 unspecified atom stereocenters. The Hall–Kier alpha value is -1.16. The highest BCUT2D eigenvalue weighted by Crippen LogP contribution is 2.17. The van der Waals surface area contributed by atoms with Crippen molar-refractivity contribution in [3.05, 3.63) is 46.7 Å². The van der Waals surface area contributed by atoms with E-state index in [4.69, 9.17) is 0 Å². The van der Waals surface area contributed by atoms with Gasteiger partial charge in [-0.25, -0.2) is 4.39 Å². The molecule has 0 atom stereocenters. The van der Waals surface area contributed by atoms with E-state index in [1.54, 1.807) is 6.07 Å². The molecule has 14 heavy (non-hydrogen) atoms. The summed E-state index contributed by atoms with van der Waals surface area (Å²) in [5, 5.41) is 2.56. The van der Waals surface area contributed by atoms with E-state index in [9.17, 15) is 9.18 Å². The molecular formula is C10H9BrFNO. The molecule has 0 aliphatic carbocycles. The zero-order chi connectivity index (χ0) is 10.6. The van der Waals surface area contributed by atoms with Crippen LogP contribution in [0.4, 0.5) is 4.39 Å². The van der Waals surface area contributed by atoms with Gasteiger partial charge < -0.3 is 5.32 Å². The summed E-state index contributed by atoms with van der Waals surface area (Å²) in [5.74, 6) is -0.600. The van der Waals surface area contributed by atoms with Gasteiger partial charge >= 0.3 is 0 Å². The largest absolute Gasteiger partial charge is 0.348 e. The van der Waals surface area contributed by atoms with Gasteiger partial charge in [-0.2, -0.15) is 0 Å². The molecular weight excluding hydrogens is 249 g/mol. The molecule has 2 nitrogen and oxygen atoms in total. The Bertz CT molecular complexity index is 365. The summed E-state index contributed by atoms with van der Waals surface area (Å²) in [5.41, 5.74) is 0.695. The second-order valence-corrected chi connectivity index (χ2v) is 3.51. The van der Waals surface area contributed by atoms with Crippen LogP contribution in [0.3, 0.4) is 0 Å². The second-order valence-electron chi connectivity index (χ2n) is 2.66. The van der Waals surface area contributed by atoms with Crippen LogP contribution in [0, 0.1) is 5.82 Å². The van der Waals surface area contributed by atoms with Gasteiger partial charge in [-0.1, -0.05) is 22.5 Å². The summed E-state index contributed by atoms with van der Waals surface area (Å²) in [6.07, 6.45) is 1.17. The first-order valence-electron chi connectivity index (χ1n) is 3.97. The molecule has 0 aliphatic heterocycles. The van der Waals surface area contributed by atoms with Crippen LogP contribution in [0.15, 0.2) is 35.3 Å². The zero-order valence-corrected chi connectivity index (χ0v) is 8.97. The molecule has 0 spiro atoms. The molecule has 1 aromatic rings. The van der Waals surface area contributed by atoms with Crippen LogP contribution in [-0.2, 0) is 11.3 Å². The molecule has 1 aromatic carbocycles. The minimum absolute atomic E-state index is 0.277. The Morgan fingerprint density at radius 2 is 2.36 bits per heavy atom. The molecule has 4 heteroatoms. The standard InChI is InChI=1S/C10H9BrFNO/c1-2-10(14)13-6-7-5-8(12)3-4-9(7)11/h2-5H,1,6H2,(H,13,14). The molecule has 0 radical (unpaired) electrons. The third-order valence-corrected chi connectivity index (χ3v) is 2.42. The molecule has 0 saturated carbocycles. The van der Waals surface area contributed by atoms with Gasteiger partial charge in [-0.3, -0.25) is 4.79 Å². The van der Waals surface area contributed by atoms with Crippen molar-refractivity contribution in [2.24, 2.45) is 0 Å². The fourth-order valence-electron chi connectivity index (χ4n) is 0.933. The molecule has 74 valence electrons. The van der Waals surface area contributed by atoms with Crippen LogP contribution in [-0.4, -0.2) is 5.91 Å². The lowest BCUT2D eigenvalue weighted by Crippen LogP contribution is -2.20. The summed E-state index contributed by atoms with van der Waals surface area (Å²) in [6.45, 7) is 3.60. The first-order chi connectivity index (χ1) is 6.63. The highest BCUT2D eigenvalue weighted by atomic mass is 79.9. The quantitative estimate of drug-likeness (QED) is 0.828. The van der Waals surface area contributed by atoms with E-state index < -0.39 is 0 Å². The van der Waals surface area contributed by atoms with Gasteiger partial charge in [0.25, 0.3) is 0 Å².